The van der Waals surface area contributed by atoms with Gasteiger partial charge in [-0.1, -0.05) is 12.1 Å². The standard InChI is InChI=1S/C17H26N2O2/c1-13-10-18-9-3-4-15(18)11-19(13)12-17(20)14-5-7-16(21-2)8-6-14/h5-8,13,15,17,20H,3-4,9-12H2,1-2H3. The highest BCUT2D eigenvalue weighted by atomic mass is 16.5. The van der Waals surface area contributed by atoms with Crippen molar-refractivity contribution >= 4 is 0 Å². The molecule has 0 amide bonds. The molecule has 0 radical (unpaired) electrons. The number of nitrogens with zero attached hydrogens (tertiary/aromatic N) is 2. The minimum Gasteiger partial charge on any atom is -0.497 e. The van der Waals surface area contributed by atoms with Crippen molar-refractivity contribution in [3.05, 3.63) is 29.8 Å². The molecule has 3 rings (SSSR count). The van der Waals surface area contributed by atoms with Gasteiger partial charge in [0.2, 0.25) is 0 Å². The Hall–Kier alpha value is -1.10. The van der Waals surface area contributed by atoms with E-state index < -0.39 is 6.10 Å². The van der Waals surface area contributed by atoms with Crippen molar-refractivity contribution in [2.75, 3.05) is 33.3 Å². The number of aliphatic hydroxyl groups is 1. The molecule has 1 aromatic rings. The molecule has 4 heteroatoms. The minimum absolute atomic E-state index is 0.425. The second-order valence-corrected chi connectivity index (χ2v) is 6.38. The van der Waals surface area contributed by atoms with Crippen LogP contribution >= 0.6 is 0 Å². The Morgan fingerprint density at radius 1 is 1.29 bits per heavy atom. The van der Waals surface area contributed by atoms with Crippen LogP contribution in [-0.2, 0) is 0 Å². The van der Waals surface area contributed by atoms with Gasteiger partial charge in [0.05, 0.1) is 13.2 Å². The van der Waals surface area contributed by atoms with E-state index in [0.29, 0.717) is 12.1 Å². The second kappa shape index (κ2) is 6.34. The van der Waals surface area contributed by atoms with Gasteiger partial charge in [-0.3, -0.25) is 9.80 Å². The van der Waals surface area contributed by atoms with E-state index in [1.54, 1.807) is 7.11 Å². The van der Waals surface area contributed by atoms with Crippen LogP contribution in [0.5, 0.6) is 5.75 Å². The quantitative estimate of drug-likeness (QED) is 0.919. The fourth-order valence-electron chi connectivity index (χ4n) is 3.66. The topological polar surface area (TPSA) is 35.9 Å². The molecule has 2 aliphatic rings. The van der Waals surface area contributed by atoms with Crippen LogP contribution in [0.2, 0.25) is 0 Å². The van der Waals surface area contributed by atoms with Gasteiger partial charge in [0.25, 0.3) is 0 Å². The molecule has 0 aromatic heterocycles. The van der Waals surface area contributed by atoms with E-state index in [-0.39, 0.29) is 0 Å². The largest absolute Gasteiger partial charge is 0.497 e. The summed E-state index contributed by atoms with van der Waals surface area (Å²) in [5, 5.41) is 10.5. The van der Waals surface area contributed by atoms with Gasteiger partial charge in [-0.15, -0.1) is 0 Å². The summed E-state index contributed by atoms with van der Waals surface area (Å²) >= 11 is 0. The number of methoxy groups -OCH3 is 1. The molecular weight excluding hydrogens is 264 g/mol. The van der Waals surface area contributed by atoms with Gasteiger partial charge in [0.1, 0.15) is 5.75 Å². The smallest absolute Gasteiger partial charge is 0.118 e. The summed E-state index contributed by atoms with van der Waals surface area (Å²) in [6, 6.07) is 8.96. The van der Waals surface area contributed by atoms with Crippen LogP contribution < -0.4 is 4.74 Å². The van der Waals surface area contributed by atoms with Crippen LogP contribution in [-0.4, -0.2) is 60.3 Å². The normalized spacial score (nSPS) is 28.3. The molecular formula is C17H26N2O2. The van der Waals surface area contributed by atoms with E-state index in [1.807, 2.05) is 24.3 Å². The lowest BCUT2D eigenvalue weighted by atomic mass is 10.0. The molecule has 0 saturated carbocycles. The van der Waals surface area contributed by atoms with Gasteiger partial charge in [-0.25, -0.2) is 0 Å². The number of ether oxygens (including phenoxy) is 1. The van der Waals surface area contributed by atoms with E-state index in [9.17, 15) is 5.11 Å². The zero-order valence-electron chi connectivity index (χ0n) is 13.0. The molecule has 21 heavy (non-hydrogen) atoms. The van der Waals surface area contributed by atoms with Gasteiger partial charge in [0, 0.05) is 31.7 Å². The number of piperazine rings is 1. The highest BCUT2D eigenvalue weighted by Gasteiger charge is 2.34. The molecule has 1 N–H and O–H groups in total. The highest BCUT2D eigenvalue weighted by molar-refractivity contribution is 5.28. The van der Waals surface area contributed by atoms with Gasteiger partial charge in [-0.2, -0.15) is 0 Å². The van der Waals surface area contributed by atoms with Crippen LogP contribution in [0.3, 0.4) is 0 Å². The summed E-state index contributed by atoms with van der Waals surface area (Å²) in [6.45, 7) is 6.48. The lowest BCUT2D eigenvalue weighted by molar-refractivity contribution is 0.0226. The first-order valence-corrected chi connectivity index (χ1v) is 7.97. The summed E-state index contributed by atoms with van der Waals surface area (Å²) < 4.78 is 5.17. The fourth-order valence-corrected chi connectivity index (χ4v) is 3.66. The number of β-amino-alcohol motifs (C(OH)–C–C–N with tert-alkyl or cyclic N) is 1. The number of benzene rings is 1. The fraction of sp³-hybridized carbons (Fsp3) is 0.647. The Morgan fingerprint density at radius 3 is 2.76 bits per heavy atom. The van der Waals surface area contributed by atoms with Gasteiger partial charge in [0.15, 0.2) is 0 Å². The van der Waals surface area contributed by atoms with E-state index in [4.69, 9.17) is 4.74 Å². The van der Waals surface area contributed by atoms with Crippen molar-refractivity contribution < 1.29 is 9.84 Å². The summed E-state index contributed by atoms with van der Waals surface area (Å²) in [4.78, 5) is 5.06. The zero-order valence-corrected chi connectivity index (χ0v) is 13.0. The molecule has 2 heterocycles. The second-order valence-electron chi connectivity index (χ2n) is 6.38. The Kier molecular flexibility index (Phi) is 4.48. The van der Waals surface area contributed by atoms with Crippen molar-refractivity contribution in [1.82, 2.24) is 9.80 Å². The van der Waals surface area contributed by atoms with E-state index in [2.05, 4.69) is 16.7 Å². The Balaban J connectivity index is 1.61. The first-order valence-electron chi connectivity index (χ1n) is 7.97. The van der Waals surface area contributed by atoms with Crippen molar-refractivity contribution in [3.8, 4) is 5.75 Å². The van der Waals surface area contributed by atoms with Gasteiger partial charge in [-0.05, 0) is 44.0 Å². The molecule has 3 atom stereocenters. The Labute approximate surface area is 127 Å². The molecule has 0 aliphatic carbocycles. The summed E-state index contributed by atoms with van der Waals surface area (Å²) in [7, 11) is 1.66. The number of fused-ring (bicyclic) bond motifs is 1. The Morgan fingerprint density at radius 2 is 2.05 bits per heavy atom. The first kappa shape index (κ1) is 14.8. The predicted molar refractivity (Wildman–Crippen MR) is 83.6 cm³/mol. The van der Waals surface area contributed by atoms with E-state index in [1.165, 1.54) is 19.4 Å². The lowest BCUT2D eigenvalue weighted by Gasteiger charge is -2.43. The molecule has 2 aliphatic heterocycles. The Bertz CT molecular complexity index is 462. The molecule has 2 saturated heterocycles. The zero-order chi connectivity index (χ0) is 14.8. The van der Waals surface area contributed by atoms with Crippen LogP contribution in [0, 0.1) is 0 Å². The van der Waals surface area contributed by atoms with Crippen LogP contribution in [0.1, 0.15) is 31.4 Å². The van der Waals surface area contributed by atoms with Crippen molar-refractivity contribution in [2.24, 2.45) is 0 Å². The average molecular weight is 290 g/mol. The van der Waals surface area contributed by atoms with E-state index >= 15 is 0 Å². The molecule has 2 fully saturated rings. The number of rotatable bonds is 4. The third-order valence-corrected chi connectivity index (χ3v) is 4.97. The van der Waals surface area contributed by atoms with E-state index in [0.717, 1.165) is 30.9 Å². The van der Waals surface area contributed by atoms with Crippen molar-refractivity contribution in [3.63, 3.8) is 0 Å². The number of hydrogen-bond donors (Lipinski definition) is 1. The third-order valence-electron chi connectivity index (χ3n) is 4.97. The minimum atomic E-state index is -0.425. The SMILES string of the molecule is COc1ccc(C(O)CN2CC3CCCN3CC2C)cc1. The lowest BCUT2D eigenvalue weighted by Crippen LogP contribution is -2.55. The summed E-state index contributed by atoms with van der Waals surface area (Å²) in [5.74, 6) is 0.832. The van der Waals surface area contributed by atoms with Crippen molar-refractivity contribution in [2.45, 2.75) is 38.0 Å². The summed E-state index contributed by atoms with van der Waals surface area (Å²) in [5.41, 5.74) is 0.969. The number of hydrogen-bond acceptors (Lipinski definition) is 4. The van der Waals surface area contributed by atoms with Crippen LogP contribution in [0.15, 0.2) is 24.3 Å². The first-order chi connectivity index (χ1) is 10.2. The van der Waals surface area contributed by atoms with Crippen LogP contribution in [0.25, 0.3) is 0 Å². The van der Waals surface area contributed by atoms with Crippen LogP contribution in [0.4, 0.5) is 0 Å². The number of aliphatic hydroxyl groups excluding tert-OH is 1. The molecule has 0 bridgehead atoms. The predicted octanol–water partition coefficient (Wildman–Crippen LogP) is 1.90. The third kappa shape index (κ3) is 3.23. The van der Waals surface area contributed by atoms with Crippen molar-refractivity contribution in [1.29, 1.82) is 0 Å². The average Bonchev–Trinajstić information content (AvgIpc) is 2.94. The highest BCUT2D eigenvalue weighted by Crippen LogP contribution is 2.26. The van der Waals surface area contributed by atoms with Gasteiger partial charge >= 0.3 is 0 Å². The molecule has 0 spiro atoms. The molecule has 4 nitrogen and oxygen atoms in total. The molecule has 1 aromatic carbocycles. The monoisotopic (exact) mass is 290 g/mol. The molecule has 3 unspecified atom stereocenters. The summed E-state index contributed by atoms with van der Waals surface area (Å²) in [6.07, 6.45) is 2.21. The maximum Gasteiger partial charge on any atom is 0.118 e. The molecule has 116 valence electrons. The maximum atomic E-state index is 10.5. The maximum absolute atomic E-state index is 10.5. The van der Waals surface area contributed by atoms with Gasteiger partial charge < -0.3 is 9.84 Å².